The summed E-state index contributed by atoms with van der Waals surface area (Å²) in [4.78, 5) is 5.05. The van der Waals surface area contributed by atoms with E-state index in [9.17, 15) is 0 Å². The Hall–Kier alpha value is -0.610. The molecule has 1 aromatic carbocycles. The number of nitrogens with one attached hydrogen (secondary N) is 1. The molecule has 1 aromatic rings. The van der Waals surface area contributed by atoms with Crippen molar-refractivity contribution in [3.8, 4) is 0 Å². The van der Waals surface area contributed by atoms with Crippen LogP contribution in [0.1, 0.15) is 31.9 Å². The first-order chi connectivity index (χ1) is 10.0. The van der Waals surface area contributed by atoms with E-state index in [1.807, 2.05) is 19.2 Å². The molecule has 21 heavy (non-hydrogen) atoms. The standard InChI is InChI=1S/C17H28ClN3/c1-13-11-21(12-14(2)20(13)4)10-9-17(19-3)15-7-5-6-8-16(15)18/h5-8,13-14,17,19H,9-12H2,1-4H3. The minimum absolute atomic E-state index is 0.323. The Bertz CT molecular complexity index is 439. The lowest BCUT2D eigenvalue weighted by Gasteiger charge is -2.42. The third-order valence-corrected chi connectivity index (χ3v) is 5.14. The van der Waals surface area contributed by atoms with Crippen molar-refractivity contribution in [2.75, 3.05) is 33.7 Å². The molecule has 4 heteroatoms. The molecule has 0 saturated carbocycles. The van der Waals surface area contributed by atoms with Crippen molar-refractivity contribution < 1.29 is 0 Å². The summed E-state index contributed by atoms with van der Waals surface area (Å²) < 4.78 is 0. The van der Waals surface area contributed by atoms with Gasteiger partial charge in [-0.3, -0.25) is 4.90 Å². The van der Waals surface area contributed by atoms with E-state index >= 15 is 0 Å². The minimum atomic E-state index is 0.323. The summed E-state index contributed by atoms with van der Waals surface area (Å²) in [5, 5.41) is 4.27. The fraction of sp³-hybridized carbons (Fsp3) is 0.647. The van der Waals surface area contributed by atoms with Gasteiger partial charge in [-0.2, -0.15) is 0 Å². The Kier molecular flexibility index (Phi) is 6.06. The van der Waals surface area contributed by atoms with Crippen LogP contribution < -0.4 is 5.32 Å². The van der Waals surface area contributed by atoms with E-state index < -0.39 is 0 Å². The molecule has 1 heterocycles. The molecule has 1 aliphatic heterocycles. The van der Waals surface area contributed by atoms with Crippen LogP contribution in [0.3, 0.4) is 0 Å². The highest BCUT2D eigenvalue weighted by molar-refractivity contribution is 6.31. The SMILES string of the molecule is CNC(CCN1CC(C)N(C)C(C)C1)c1ccccc1Cl. The van der Waals surface area contributed by atoms with Gasteiger partial charge < -0.3 is 10.2 Å². The van der Waals surface area contributed by atoms with Gasteiger partial charge in [-0.25, -0.2) is 0 Å². The normalized spacial score (nSPS) is 26.0. The largest absolute Gasteiger partial charge is 0.313 e. The number of benzene rings is 1. The lowest BCUT2D eigenvalue weighted by Crippen LogP contribution is -2.55. The molecule has 3 unspecified atom stereocenters. The number of piperazine rings is 1. The Labute approximate surface area is 134 Å². The van der Waals surface area contributed by atoms with Crippen molar-refractivity contribution in [3.05, 3.63) is 34.9 Å². The van der Waals surface area contributed by atoms with E-state index in [1.54, 1.807) is 0 Å². The summed E-state index contributed by atoms with van der Waals surface area (Å²) in [6, 6.07) is 9.72. The first-order valence-corrected chi connectivity index (χ1v) is 8.26. The highest BCUT2D eigenvalue weighted by atomic mass is 35.5. The maximum absolute atomic E-state index is 6.32. The maximum atomic E-state index is 6.32. The van der Waals surface area contributed by atoms with Gasteiger partial charge in [-0.15, -0.1) is 0 Å². The van der Waals surface area contributed by atoms with E-state index in [-0.39, 0.29) is 0 Å². The summed E-state index contributed by atoms with van der Waals surface area (Å²) in [6.07, 6.45) is 1.09. The molecule has 0 spiro atoms. The van der Waals surface area contributed by atoms with Gasteiger partial charge in [-0.05, 0) is 46.0 Å². The summed E-state index contributed by atoms with van der Waals surface area (Å²) in [6.45, 7) is 8.04. The van der Waals surface area contributed by atoms with Crippen molar-refractivity contribution >= 4 is 11.6 Å². The first-order valence-electron chi connectivity index (χ1n) is 7.89. The topological polar surface area (TPSA) is 18.5 Å². The van der Waals surface area contributed by atoms with Crippen LogP contribution in [-0.2, 0) is 0 Å². The number of halogens is 1. The summed E-state index contributed by atoms with van der Waals surface area (Å²) in [7, 11) is 4.25. The van der Waals surface area contributed by atoms with Gasteiger partial charge in [0.1, 0.15) is 0 Å². The highest BCUT2D eigenvalue weighted by Crippen LogP contribution is 2.25. The molecule has 3 atom stereocenters. The summed E-state index contributed by atoms with van der Waals surface area (Å²) in [5.41, 5.74) is 1.21. The molecule has 0 radical (unpaired) electrons. The molecular formula is C17H28ClN3. The van der Waals surface area contributed by atoms with E-state index in [2.05, 4.69) is 48.1 Å². The third kappa shape index (κ3) is 4.19. The van der Waals surface area contributed by atoms with Crippen molar-refractivity contribution in [1.29, 1.82) is 0 Å². The fourth-order valence-electron chi connectivity index (χ4n) is 3.22. The monoisotopic (exact) mass is 309 g/mol. The number of hydrogen-bond acceptors (Lipinski definition) is 3. The third-order valence-electron chi connectivity index (χ3n) is 4.80. The predicted octanol–water partition coefficient (Wildman–Crippen LogP) is 3.02. The molecule has 1 saturated heterocycles. The zero-order chi connectivity index (χ0) is 15.4. The van der Waals surface area contributed by atoms with Gasteiger partial charge in [0.05, 0.1) is 0 Å². The minimum Gasteiger partial charge on any atom is -0.313 e. The van der Waals surface area contributed by atoms with Crippen LogP contribution in [-0.4, -0.2) is 55.6 Å². The highest BCUT2D eigenvalue weighted by Gasteiger charge is 2.26. The van der Waals surface area contributed by atoms with Crippen LogP contribution in [0.4, 0.5) is 0 Å². The van der Waals surface area contributed by atoms with E-state index in [0.29, 0.717) is 18.1 Å². The second kappa shape index (κ2) is 7.59. The van der Waals surface area contributed by atoms with Crippen LogP contribution in [0.15, 0.2) is 24.3 Å². The number of rotatable bonds is 5. The maximum Gasteiger partial charge on any atom is 0.0453 e. The van der Waals surface area contributed by atoms with Crippen LogP contribution in [0.2, 0.25) is 5.02 Å². The number of nitrogens with zero attached hydrogens (tertiary/aromatic N) is 2. The second-order valence-corrected chi connectivity index (χ2v) is 6.68. The molecule has 0 bridgehead atoms. The van der Waals surface area contributed by atoms with E-state index in [1.165, 1.54) is 5.56 Å². The lowest BCUT2D eigenvalue weighted by atomic mass is 10.0. The van der Waals surface area contributed by atoms with Gasteiger partial charge >= 0.3 is 0 Å². The molecule has 1 N–H and O–H groups in total. The van der Waals surface area contributed by atoms with Crippen molar-refractivity contribution in [2.24, 2.45) is 0 Å². The molecule has 0 aromatic heterocycles. The first kappa shape index (κ1) is 16.8. The molecule has 3 nitrogen and oxygen atoms in total. The molecule has 1 aliphatic rings. The lowest BCUT2D eigenvalue weighted by molar-refractivity contribution is 0.0579. The average molecular weight is 310 g/mol. The van der Waals surface area contributed by atoms with Gasteiger partial charge in [0.25, 0.3) is 0 Å². The Morgan fingerprint density at radius 3 is 2.43 bits per heavy atom. The Balaban J connectivity index is 1.93. The van der Waals surface area contributed by atoms with E-state index in [0.717, 1.165) is 31.1 Å². The van der Waals surface area contributed by atoms with Crippen LogP contribution in [0.25, 0.3) is 0 Å². The van der Waals surface area contributed by atoms with Crippen molar-refractivity contribution in [3.63, 3.8) is 0 Å². The summed E-state index contributed by atoms with van der Waals surface area (Å²) >= 11 is 6.32. The predicted molar refractivity (Wildman–Crippen MR) is 91.0 cm³/mol. The average Bonchev–Trinajstić information content (AvgIpc) is 2.47. The van der Waals surface area contributed by atoms with Crippen LogP contribution >= 0.6 is 11.6 Å². The van der Waals surface area contributed by atoms with E-state index in [4.69, 9.17) is 11.6 Å². The van der Waals surface area contributed by atoms with Gasteiger partial charge in [-0.1, -0.05) is 29.8 Å². The summed E-state index contributed by atoms with van der Waals surface area (Å²) in [5.74, 6) is 0. The zero-order valence-electron chi connectivity index (χ0n) is 13.6. The van der Waals surface area contributed by atoms with Crippen LogP contribution in [0.5, 0.6) is 0 Å². The van der Waals surface area contributed by atoms with Crippen molar-refractivity contribution in [1.82, 2.24) is 15.1 Å². The molecule has 0 aliphatic carbocycles. The zero-order valence-corrected chi connectivity index (χ0v) is 14.4. The molecule has 2 rings (SSSR count). The Morgan fingerprint density at radius 1 is 1.24 bits per heavy atom. The van der Waals surface area contributed by atoms with Gasteiger partial charge in [0, 0.05) is 42.8 Å². The fourth-order valence-corrected chi connectivity index (χ4v) is 3.49. The number of hydrogen-bond donors (Lipinski definition) is 1. The van der Waals surface area contributed by atoms with Crippen molar-refractivity contribution in [2.45, 2.75) is 38.4 Å². The van der Waals surface area contributed by atoms with Gasteiger partial charge in [0.15, 0.2) is 0 Å². The quantitative estimate of drug-likeness (QED) is 0.902. The van der Waals surface area contributed by atoms with Gasteiger partial charge in [0.2, 0.25) is 0 Å². The van der Waals surface area contributed by atoms with Crippen LogP contribution in [0, 0.1) is 0 Å². The molecular weight excluding hydrogens is 282 g/mol. The smallest absolute Gasteiger partial charge is 0.0453 e. The Morgan fingerprint density at radius 2 is 1.86 bits per heavy atom. The molecule has 0 amide bonds. The molecule has 1 fully saturated rings. The second-order valence-electron chi connectivity index (χ2n) is 6.27. The molecule has 118 valence electrons. The number of likely N-dealkylation sites (N-methyl/N-ethyl adjacent to an activating group) is 1.